The number of hydrogen-bond donors (Lipinski definition) is 1. The molecule has 146 valence electrons. The molecule has 28 heavy (non-hydrogen) atoms. The predicted octanol–water partition coefficient (Wildman–Crippen LogP) is 4.96. The Hall–Kier alpha value is -2.36. The Kier molecular flexibility index (Phi) is 4.37. The van der Waals surface area contributed by atoms with Crippen molar-refractivity contribution in [1.29, 1.82) is 0 Å². The highest BCUT2D eigenvalue weighted by Crippen LogP contribution is 2.53. The van der Waals surface area contributed by atoms with Gasteiger partial charge in [-0.1, -0.05) is 31.4 Å². The molecule has 6 atom stereocenters. The first kappa shape index (κ1) is 17.7. The number of esters is 1. The minimum absolute atomic E-state index is 0.00237. The molecule has 1 aromatic heterocycles. The molecule has 1 aromatic carbocycles. The van der Waals surface area contributed by atoms with E-state index in [2.05, 4.69) is 19.1 Å². The van der Waals surface area contributed by atoms with Crippen molar-refractivity contribution < 1.29 is 14.6 Å². The van der Waals surface area contributed by atoms with Crippen molar-refractivity contribution in [2.75, 3.05) is 0 Å². The number of phenols is 1. The van der Waals surface area contributed by atoms with Crippen LogP contribution in [0.25, 0.3) is 17.0 Å². The molecular weight excluding hydrogens is 350 g/mol. The lowest BCUT2D eigenvalue weighted by Crippen LogP contribution is -2.42. The Bertz CT molecular complexity index is 937. The van der Waals surface area contributed by atoms with Crippen molar-refractivity contribution in [1.82, 2.24) is 4.98 Å². The molecular formula is C24H27NO3. The molecule has 4 heteroatoms. The molecule has 3 fully saturated rings. The number of carbonyl (C=O) groups is 1. The van der Waals surface area contributed by atoms with Crippen LogP contribution >= 0.6 is 0 Å². The number of aromatic hydroxyl groups is 1. The third kappa shape index (κ3) is 2.99. The van der Waals surface area contributed by atoms with Crippen molar-refractivity contribution in [3.8, 4) is 5.75 Å². The van der Waals surface area contributed by atoms with Gasteiger partial charge in [0.1, 0.15) is 11.9 Å². The highest BCUT2D eigenvalue weighted by atomic mass is 16.6. The summed E-state index contributed by atoms with van der Waals surface area (Å²) in [4.78, 5) is 17.1. The van der Waals surface area contributed by atoms with Gasteiger partial charge in [0.15, 0.2) is 0 Å². The Morgan fingerprint density at radius 2 is 2.04 bits per heavy atom. The molecule has 4 nitrogen and oxygen atoms in total. The van der Waals surface area contributed by atoms with Gasteiger partial charge < -0.3 is 9.84 Å². The zero-order valence-electron chi connectivity index (χ0n) is 16.3. The van der Waals surface area contributed by atoms with E-state index in [1.807, 2.05) is 18.2 Å². The molecule has 2 heterocycles. The number of hydrogen-bond acceptors (Lipinski definition) is 4. The molecule has 2 aromatic rings. The van der Waals surface area contributed by atoms with Crippen LogP contribution in [-0.2, 0) is 9.53 Å². The number of rotatable bonds is 2. The van der Waals surface area contributed by atoms with Crippen LogP contribution in [0.2, 0.25) is 0 Å². The van der Waals surface area contributed by atoms with Gasteiger partial charge in [0, 0.05) is 11.3 Å². The van der Waals surface area contributed by atoms with Crippen LogP contribution in [0.4, 0.5) is 0 Å². The Morgan fingerprint density at radius 1 is 1.18 bits per heavy atom. The third-order valence-electron chi connectivity index (χ3n) is 7.26. The van der Waals surface area contributed by atoms with Gasteiger partial charge in [0.05, 0.1) is 17.1 Å². The van der Waals surface area contributed by atoms with Gasteiger partial charge in [-0.15, -0.1) is 0 Å². The number of allylic oxidation sites excluding steroid dienone is 1. The fourth-order valence-corrected chi connectivity index (χ4v) is 6.02. The van der Waals surface area contributed by atoms with Gasteiger partial charge in [-0.25, -0.2) is 4.98 Å². The molecule has 1 saturated heterocycles. The average molecular weight is 377 g/mol. The summed E-state index contributed by atoms with van der Waals surface area (Å²) in [6.45, 7) is 2.06. The lowest BCUT2D eigenvalue weighted by Gasteiger charge is -2.45. The van der Waals surface area contributed by atoms with Crippen LogP contribution in [-0.4, -0.2) is 22.2 Å². The summed E-state index contributed by atoms with van der Waals surface area (Å²) in [5.41, 5.74) is 1.80. The summed E-state index contributed by atoms with van der Waals surface area (Å²) in [5, 5.41) is 10.6. The van der Waals surface area contributed by atoms with Crippen LogP contribution in [0.1, 0.15) is 44.7 Å². The summed E-state index contributed by atoms with van der Waals surface area (Å²) >= 11 is 0. The van der Waals surface area contributed by atoms with Crippen LogP contribution in [0.15, 0.2) is 36.4 Å². The molecule has 0 radical (unpaired) electrons. The van der Waals surface area contributed by atoms with E-state index in [4.69, 9.17) is 9.72 Å². The minimum atomic E-state index is 0.00237. The molecule has 2 unspecified atom stereocenters. The van der Waals surface area contributed by atoms with E-state index in [0.717, 1.165) is 23.0 Å². The van der Waals surface area contributed by atoms with Gasteiger partial charge in [-0.3, -0.25) is 4.79 Å². The molecule has 2 saturated carbocycles. The summed E-state index contributed by atoms with van der Waals surface area (Å²) < 4.78 is 5.65. The molecule has 1 N–H and O–H groups in total. The van der Waals surface area contributed by atoms with E-state index >= 15 is 0 Å². The molecule has 0 amide bonds. The predicted molar refractivity (Wildman–Crippen MR) is 109 cm³/mol. The third-order valence-corrected chi connectivity index (χ3v) is 7.26. The van der Waals surface area contributed by atoms with Crippen molar-refractivity contribution in [3.05, 3.63) is 42.1 Å². The van der Waals surface area contributed by atoms with E-state index in [9.17, 15) is 9.90 Å². The summed E-state index contributed by atoms with van der Waals surface area (Å²) in [6.07, 6.45) is 10.5. The van der Waals surface area contributed by atoms with Crippen LogP contribution in [0.3, 0.4) is 0 Å². The number of benzene rings is 1. The topological polar surface area (TPSA) is 59.4 Å². The number of pyridine rings is 1. The maximum atomic E-state index is 12.4. The fourth-order valence-electron chi connectivity index (χ4n) is 6.02. The minimum Gasteiger partial charge on any atom is -0.508 e. The largest absolute Gasteiger partial charge is 0.508 e. The van der Waals surface area contributed by atoms with Gasteiger partial charge in [-0.05, 0) is 67.9 Å². The lowest BCUT2D eigenvalue weighted by atomic mass is 9.57. The molecule has 3 aliphatic rings. The normalized spacial score (nSPS) is 35.0. The van der Waals surface area contributed by atoms with Crippen molar-refractivity contribution in [2.45, 2.75) is 45.1 Å². The second-order valence-corrected chi connectivity index (χ2v) is 8.82. The molecule has 1 aliphatic heterocycles. The maximum Gasteiger partial charge on any atom is 0.309 e. The number of phenolic OH excluding ortho intramolecular Hbond substituents is 1. The lowest BCUT2D eigenvalue weighted by molar-refractivity contribution is -0.144. The summed E-state index contributed by atoms with van der Waals surface area (Å²) in [7, 11) is 0. The molecule has 2 aliphatic carbocycles. The molecule has 0 spiro atoms. The first-order valence-corrected chi connectivity index (χ1v) is 10.6. The zero-order chi connectivity index (χ0) is 19.3. The highest BCUT2D eigenvalue weighted by Gasteiger charge is 2.53. The number of ether oxygens (including phenoxy) is 1. The molecule has 0 bridgehead atoms. The zero-order valence-corrected chi connectivity index (χ0v) is 16.3. The van der Waals surface area contributed by atoms with Crippen molar-refractivity contribution in [2.24, 2.45) is 29.6 Å². The smallest absolute Gasteiger partial charge is 0.309 e. The van der Waals surface area contributed by atoms with Crippen LogP contribution in [0.5, 0.6) is 5.75 Å². The van der Waals surface area contributed by atoms with E-state index < -0.39 is 0 Å². The number of fused-ring (bicyclic) bond motifs is 3. The Morgan fingerprint density at radius 3 is 2.93 bits per heavy atom. The Labute approximate surface area is 165 Å². The summed E-state index contributed by atoms with van der Waals surface area (Å²) in [6, 6.07) is 9.25. The first-order chi connectivity index (χ1) is 13.6. The van der Waals surface area contributed by atoms with Gasteiger partial charge >= 0.3 is 5.97 Å². The first-order valence-electron chi connectivity index (χ1n) is 10.6. The highest BCUT2D eigenvalue weighted by molar-refractivity contribution is 5.81. The molecule has 5 rings (SSSR count). The second kappa shape index (κ2) is 6.91. The number of carbonyl (C=O) groups excluding carboxylic acids is 1. The van der Waals surface area contributed by atoms with Crippen LogP contribution in [0, 0.1) is 29.6 Å². The monoisotopic (exact) mass is 377 g/mol. The van der Waals surface area contributed by atoms with E-state index in [-0.39, 0.29) is 23.7 Å². The van der Waals surface area contributed by atoms with E-state index in [0.29, 0.717) is 23.7 Å². The van der Waals surface area contributed by atoms with E-state index in [1.54, 1.807) is 12.1 Å². The fraction of sp³-hybridized carbons (Fsp3) is 0.500. The van der Waals surface area contributed by atoms with Gasteiger partial charge in [0.2, 0.25) is 0 Å². The number of aromatic nitrogens is 1. The second-order valence-electron chi connectivity index (χ2n) is 8.82. The van der Waals surface area contributed by atoms with Crippen molar-refractivity contribution in [3.63, 3.8) is 0 Å². The Balaban J connectivity index is 1.47. The number of nitrogens with zero attached hydrogens (tertiary/aromatic N) is 1. The van der Waals surface area contributed by atoms with Gasteiger partial charge in [-0.2, -0.15) is 0 Å². The van der Waals surface area contributed by atoms with Crippen molar-refractivity contribution >= 4 is 22.9 Å². The average Bonchev–Trinajstić information content (AvgIpc) is 2.98. The summed E-state index contributed by atoms with van der Waals surface area (Å²) in [5.74, 6) is 2.31. The van der Waals surface area contributed by atoms with Crippen LogP contribution < -0.4 is 0 Å². The SMILES string of the molecule is C[C@H]1OC(=O)[C@@H]2C[C@@H]3CCCCC3C(C=Cc3ccc4cc(O)ccc4n3)[C@H]12. The standard InChI is InChI=1S/C24H27NO3/c1-14-23-20(19-5-3-2-4-15(19)13-21(23)24(27)28-14)10-8-17-7-6-16-12-18(26)9-11-22(16)25-17/h6-12,14-15,19-21,23,26H,2-5,13H2,1H3/t14-,15+,19?,20?,21-,23+/m1/s1. The number of cyclic esters (lactones) is 1. The quantitative estimate of drug-likeness (QED) is 0.752. The van der Waals surface area contributed by atoms with Gasteiger partial charge in [0.25, 0.3) is 0 Å². The van der Waals surface area contributed by atoms with E-state index in [1.165, 1.54) is 25.7 Å². The maximum absolute atomic E-state index is 12.4.